The van der Waals surface area contributed by atoms with Crippen LogP contribution in [0.1, 0.15) is 16.7 Å². The molecule has 102 valence electrons. The Morgan fingerprint density at radius 2 is 2.05 bits per heavy atom. The third-order valence-electron chi connectivity index (χ3n) is 3.65. The molecule has 1 fully saturated rings. The van der Waals surface area contributed by atoms with Crippen LogP contribution < -0.4 is 10.2 Å². The van der Waals surface area contributed by atoms with Crippen LogP contribution in [0.2, 0.25) is 0 Å². The molecule has 0 amide bonds. The van der Waals surface area contributed by atoms with Gasteiger partial charge in [-0.3, -0.25) is 0 Å². The number of rotatable bonds is 3. The summed E-state index contributed by atoms with van der Waals surface area (Å²) in [6.45, 7) is 8.51. The van der Waals surface area contributed by atoms with Gasteiger partial charge in [0.05, 0.1) is 6.54 Å². The van der Waals surface area contributed by atoms with Crippen LogP contribution >= 0.6 is 12.6 Å². The number of hydrogen-bond acceptors (Lipinski definition) is 4. The number of benzene rings is 1. The van der Waals surface area contributed by atoms with Crippen molar-refractivity contribution < 1.29 is 0 Å². The van der Waals surface area contributed by atoms with E-state index >= 15 is 0 Å². The number of nitrogens with zero attached hydrogens (tertiary/aromatic N) is 4. The lowest BCUT2D eigenvalue weighted by molar-refractivity contribution is 0.587. The van der Waals surface area contributed by atoms with E-state index in [0.29, 0.717) is 6.54 Å². The highest BCUT2D eigenvalue weighted by Crippen LogP contribution is 2.32. The number of azide groups is 1. The summed E-state index contributed by atoms with van der Waals surface area (Å²) < 4.78 is 0. The Hall–Kier alpha value is -1.36. The first-order valence-electron chi connectivity index (χ1n) is 6.43. The molecule has 1 aromatic rings. The SMILES string of the molecule is Cc1c(CN=[N+]=[N-])cc(N2CCNCC2)c(C)c1S. The standard InChI is InChI=1S/C13H19N5S/c1-9-11(8-16-17-14)7-12(10(2)13(9)19)18-5-3-15-4-6-18/h7,15,19H,3-6,8H2,1-2H3. The molecule has 1 aromatic carbocycles. The monoisotopic (exact) mass is 277 g/mol. The minimum Gasteiger partial charge on any atom is -0.369 e. The van der Waals surface area contributed by atoms with Crippen molar-refractivity contribution in [2.75, 3.05) is 31.1 Å². The third kappa shape index (κ3) is 2.97. The van der Waals surface area contributed by atoms with Gasteiger partial charge in [0, 0.05) is 41.7 Å². The lowest BCUT2D eigenvalue weighted by Gasteiger charge is -2.32. The molecule has 0 spiro atoms. The van der Waals surface area contributed by atoms with Crippen LogP contribution in [0, 0.1) is 13.8 Å². The van der Waals surface area contributed by atoms with E-state index in [1.54, 1.807) is 0 Å². The van der Waals surface area contributed by atoms with Crippen molar-refractivity contribution in [2.45, 2.75) is 25.3 Å². The number of hydrogen-bond donors (Lipinski definition) is 2. The molecule has 2 rings (SSSR count). The highest BCUT2D eigenvalue weighted by atomic mass is 32.1. The molecule has 1 aliphatic rings. The Bertz CT molecular complexity index is 516. The zero-order valence-electron chi connectivity index (χ0n) is 11.3. The second-order valence-corrected chi connectivity index (χ2v) is 5.23. The topological polar surface area (TPSA) is 64.0 Å². The van der Waals surface area contributed by atoms with Gasteiger partial charge >= 0.3 is 0 Å². The van der Waals surface area contributed by atoms with E-state index in [4.69, 9.17) is 5.53 Å². The third-order valence-corrected chi connectivity index (χ3v) is 4.32. The number of anilines is 1. The predicted molar refractivity (Wildman–Crippen MR) is 81.1 cm³/mol. The Labute approximate surface area is 119 Å². The van der Waals surface area contributed by atoms with E-state index < -0.39 is 0 Å². The normalized spacial score (nSPS) is 15.2. The van der Waals surface area contributed by atoms with Gasteiger partial charge in [-0.1, -0.05) is 5.11 Å². The van der Waals surface area contributed by atoms with Gasteiger partial charge < -0.3 is 10.2 Å². The number of nitrogens with one attached hydrogen (secondary N) is 1. The molecule has 5 nitrogen and oxygen atoms in total. The minimum absolute atomic E-state index is 0.384. The molecular formula is C13H19N5S. The molecular weight excluding hydrogens is 258 g/mol. The van der Waals surface area contributed by atoms with Crippen molar-refractivity contribution in [3.05, 3.63) is 33.2 Å². The first-order valence-corrected chi connectivity index (χ1v) is 6.88. The predicted octanol–water partition coefficient (Wildman–Crippen LogP) is 2.81. The quantitative estimate of drug-likeness (QED) is 0.386. The van der Waals surface area contributed by atoms with Gasteiger partial charge in [0.15, 0.2) is 0 Å². The molecule has 1 saturated heterocycles. The maximum absolute atomic E-state index is 8.48. The Morgan fingerprint density at radius 3 is 2.68 bits per heavy atom. The molecule has 0 atom stereocenters. The van der Waals surface area contributed by atoms with Crippen molar-refractivity contribution in [1.29, 1.82) is 0 Å². The molecule has 1 N–H and O–H groups in total. The van der Waals surface area contributed by atoms with Gasteiger partial charge in [0.1, 0.15) is 0 Å². The van der Waals surface area contributed by atoms with Gasteiger partial charge in [-0.2, -0.15) is 0 Å². The van der Waals surface area contributed by atoms with Crippen LogP contribution in [-0.2, 0) is 6.54 Å². The molecule has 0 bridgehead atoms. The lowest BCUT2D eigenvalue weighted by atomic mass is 10.0. The molecule has 0 radical (unpaired) electrons. The molecule has 0 saturated carbocycles. The van der Waals surface area contributed by atoms with Gasteiger partial charge in [0.25, 0.3) is 0 Å². The lowest BCUT2D eigenvalue weighted by Crippen LogP contribution is -2.43. The second kappa shape index (κ2) is 6.19. The summed E-state index contributed by atoms with van der Waals surface area (Å²) in [4.78, 5) is 6.21. The van der Waals surface area contributed by atoms with Gasteiger partial charge in [0.2, 0.25) is 0 Å². The molecule has 1 heterocycles. The second-order valence-electron chi connectivity index (χ2n) is 4.78. The van der Waals surface area contributed by atoms with Crippen molar-refractivity contribution in [2.24, 2.45) is 5.11 Å². The van der Waals surface area contributed by atoms with Crippen LogP contribution in [-0.4, -0.2) is 26.2 Å². The van der Waals surface area contributed by atoms with Crippen LogP contribution in [0.25, 0.3) is 10.4 Å². The molecule has 0 aliphatic carbocycles. The number of thiol groups is 1. The highest BCUT2D eigenvalue weighted by Gasteiger charge is 2.16. The van der Waals surface area contributed by atoms with Crippen molar-refractivity contribution in [3.63, 3.8) is 0 Å². The summed E-state index contributed by atoms with van der Waals surface area (Å²) in [6, 6.07) is 2.14. The zero-order valence-corrected chi connectivity index (χ0v) is 12.2. The zero-order chi connectivity index (χ0) is 13.8. The summed E-state index contributed by atoms with van der Waals surface area (Å²) in [6.07, 6.45) is 0. The average molecular weight is 277 g/mol. The maximum Gasteiger partial charge on any atom is 0.0514 e. The van der Waals surface area contributed by atoms with Crippen LogP contribution in [0.4, 0.5) is 5.69 Å². The van der Waals surface area contributed by atoms with Gasteiger partial charge in [-0.05, 0) is 42.1 Å². The van der Waals surface area contributed by atoms with E-state index in [0.717, 1.165) is 42.2 Å². The summed E-state index contributed by atoms with van der Waals surface area (Å²) in [5.74, 6) is 0. The van der Waals surface area contributed by atoms with Crippen LogP contribution in [0.5, 0.6) is 0 Å². The van der Waals surface area contributed by atoms with Gasteiger partial charge in [-0.15, -0.1) is 12.6 Å². The average Bonchev–Trinajstić information content (AvgIpc) is 2.45. The van der Waals surface area contributed by atoms with Crippen LogP contribution in [0.15, 0.2) is 16.1 Å². The fourth-order valence-corrected chi connectivity index (χ4v) is 2.70. The number of piperazine rings is 1. The van der Waals surface area contributed by atoms with E-state index in [1.165, 1.54) is 11.3 Å². The fourth-order valence-electron chi connectivity index (χ4n) is 2.44. The van der Waals surface area contributed by atoms with Crippen molar-refractivity contribution in [1.82, 2.24) is 5.32 Å². The minimum atomic E-state index is 0.384. The van der Waals surface area contributed by atoms with Crippen molar-refractivity contribution >= 4 is 18.3 Å². The first kappa shape index (κ1) is 14.1. The highest BCUT2D eigenvalue weighted by molar-refractivity contribution is 7.80. The maximum atomic E-state index is 8.48. The van der Waals surface area contributed by atoms with E-state index in [1.807, 2.05) is 6.92 Å². The smallest absolute Gasteiger partial charge is 0.0514 e. The Balaban J connectivity index is 2.41. The largest absolute Gasteiger partial charge is 0.369 e. The van der Waals surface area contributed by atoms with E-state index in [9.17, 15) is 0 Å². The van der Waals surface area contributed by atoms with Gasteiger partial charge in [-0.25, -0.2) is 0 Å². The van der Waals surface area contributed by atoms with E-state index in [2.05, 4.69) is 45.9 Å². The molecule has 0 aromatic heterocycles. The van der Waals surface area contributed by atoms with E-state index in [-0.39, 0.29) is 0 Å². The summed E-state index contributed by atoms with van der Waals surface area (Å²) >= 11 is 4.62. The Morgan fingerprint density at radius 1 is 1.37 bits per heavy atom. The Kier molecular flexibility index (Phi) is 4.58. The molecule has 6 heteroatoms. The summed E-state index contributed by atoms with van der Waals surface area (Å²) in [5.41, 5.74) is 13.1. The fraction of sp³-hybridized carbons (Fsp3) is 0.538. The summed E-state index contributed by atoms with van der Waals surface area (Å²) in [7, 11) is 0. The van der Waals surface area contributed by atoms with Crippen LogP contribution in [0.3, 0.4) is 0 Å². The molecule has 19 heavy (non-hydrogen) atoms. The first-order chi connectivity index (χ1) is 9.15. The molecule has 0 unspecified atom stereocenters. The van der Waals surface area contributed by atoms with Crippen molar-refractivity contribution in [3.8, 4) is 0 Å². The summed E-state index contributed by atoms with van der Waals surface area (Å²) in [5, 5.41) is 7.03. The molecule has 1 aliphatic heterocycles.